The Labute approximate surface area is 107 Å². The van der Waals surface area contributed by atoms with Crippen molar-refractivity contribution in [3.8, 4) is 0 Å². The normalized spacial score (nSPS) is 10.2. The fourth-order valence-electron chi connectivity index (χ4n) is 1.08. The second-order valence-electron chi connectivity index (χ2n) is 4.60. The Hall–Kier alpha value is -2.10. The van der Waals surface area contributed by atoms with E-state index in [1.54, 1.807) is 36.9 Å². The molecule has 0 aliphatic carbocycles. The molecule has 0 bridgehead atoms. The van der Waals surface area contributed by atoms with Crippen LogP contribution < -0.4 is 0 Å². The number of nitrogens with zero attached hydrogens (tertiary/aromatic N) is 2. The van der Waals surface area contributed by atoms with Crippen LogP contribution in [0, 0.1) is 0 Å². The standard InChI is InChI=1S/C9H13NO2.C5H5N/c1-9(2,3)12-8(11)10-6-4-5-7-10;1-2-4-6-5-3-1/h4-7H,1-3H3;1-5H. The molecule has 96 valence electrons. The van der Waals surface area contributed by atoms with E-state index in [0.29, 0.717) is 0 Å². The van der Waals surface area contributed by atoms with Gasteiger partial charge < -0.3 is 4.74 Å². The van der Waals surface area contributed by atoms with Crippen LogP contribution in [-0.4, -0.2) is 21.2 Å². The minimum absolute atomic E-state index is 0.340. The van der Waals surface area contributed by atoms with Crippen molar-refractivity contribution in [2.45, 2.75) is 26.4 Å². The van der Waals surface area contributed by atoms with Gasteiger partial charge in [0.15, 0.2) is 0 Å². The van der Waals surface area contributed by atoms with E-state index in [1.165, 1.54) is 4.57 Å². The van der Waals surface area contributed by atoms with Crippen LogP contribution in [0.5, 0.6) is 0 Å². The van der Waals surface area contributed by atoms with Gasteiger partial charge in [0.2, 0.25) is 0 Å². The summed E-state index contributed by atoms with van der Waals surface area (Å²) in [6.07, 6.45) is 6.48. The molecular formula is C14H18N2O2. The molecule has 0 atom stereocenters. The molecule has 0 N–H and O–H groups in total. The molecular weight excluding hydrogens is 228 g/mol. The summed E-state index contributed by atoms with van der Waals surface area (Å²) in [5, 5.41) is 0. The molecule has 0 unspecified atom stereocenters. The number of aromatic nitrogens is 2. The van der Waals surface area contributed by atoms with Gasteiger partial charge in [0.1, 0.15) is 5.60 Å². The highest BCUT2D eigenvalue weighted by Gasteiger charge is 2.16. The maximum Gasteiger partial charge on any atom is 0.418 e. The number of pyridine rings is 1. The lowest BCUT2D eigenvalue weighted by atomic mass is 10.2. The fraction of sp³-hybridized carbons (Fsp3) is 0.286. The lowest BCUT2D eigenvalue weighted by molar-refractivity contribution is 0.0537. The quantitative estimate of drug-likeness (QED) is 0.716. The maximum atomic E-state index is 11.3. The molecule has 2 heterocycles. The highest BCUT2D eigenvalue weighted by Crippen LogP contribution is 2.08. The van der Waals surface area contributed by atoms with Gasteiger partial charge in [0, 0.05) is 24.8 Å². The lowest BCUT2D eigenvalue weighted by Crippen LogP contribution is -2.26. The molecule has 2 aromatic heterocycles. The van der Waals surface area contributed by atoms with Crippen molar-refractivity contribution in [3.05, 3.63) is 55.1 Å². The summed E-state index contributed by atoms with van der Waals surface area (Å²) in [6.45, 7) is 5.52. The van der Waals surface area contributed by atoms with E-state index in [4.69, 9.17) is 4.74 Å². The maximum absolute atomic E-state index is 11.3. The first-order chi connectivity index (χ1) is 8.49. The van der Waals surface area contributed by atoms with Gasteiger partial charge in [-0.05, 0) is 45.0 Å². The van der Waals surface area contributed by atoms with Gasteiger partial charge in [-0.1, -0.05) is 6.07 Å². The second-order valence-corrected chi connectivity index (χ2v) is 4.60. The van der Waals surface area contributed by atoms with E-state index in [-0.39, 0.29) is 6.09 Å². The number of ether oxygens (including phenoxy) is 1. The Kier molecular flexibility index (Phi) is 5.11. The molecule has 0 aromatic carbocycles. The molecule has 0 saturated carbocycles. The van der Waals surface area contributed by atoms with Crippen LogP contribution in [0.15, 0.2) is 55.1 Å². The van der Waals surface area contributed by atoms with E-state index < -0.39 is 5.60 Å². The smallest absolute Gasteiger partial charge is 0.418 e. The summed E-state index contributed by atoms with van der Waals surface area (Å²) in [5.74, 6) is 0. The van der Waals surface area contributed by atoms with Crippen molar-refractivity contribution < 1.29 is 9.53 Å². The molecule has 4 heteroatoms. The first kappa shape index (κ1) is 14.0. The van der Waals surface area contributed by atoms with Crippen molar-refractivity contribution in [2.75, 3.05) is 0 Å². The zero-order valence-corrected chi connectivity index (χ0v) is 10.9. The van der Waals surface area contributed by atoms with Crippen molar-refractivity contribution in [1.29, 1.82) is 0 Å². The van der Waals surface area contributed by atoms with Gasteiger partial charge in [-0.25, -0.2) is 4.79 Å². The van der Waals surface area contributed by atoms with Crippen molar-refractivity contribution in [1.82, 2.24) is 9.55 Å². The summed E-state index contributed by atoms with van der Waals surface area (Å²) in [5.41, 5.74) is -0.429. The predicted molar refractivity (Wildman–Crippen MR) is 70.3 cm³/mol. The summed E-state index contributed by atoms with van der Waals surface area (Å²) in [7, 11) is 0. The zero-order chi connectivity index (χ0) is 13.4. The third-order valence-corrected chi connectivity index (χ3v) is 1.78. The van der Waals surface area contributed by atoms with Crippen LogP contribution >= 0.6 is 0 Å². The number of hydrogen-bond acceptors (Lipinski definition) is 3. The Bertz CT molecular complexity index is 418. The van der Waals surface area contributed by atoms with Crippen molar-refractivity contribution >= 4 is 6.09 Å². The van der Waals surface area contributed by atoms with Crippen LogP contribution in [0.1, 0.15) is 20.8 Å². The second kappa shape index (κ2) is 6.59. The molecule has 18 heavy (non-hydrogen) atoms. The molecule has 0 fully saturated rings. The molecule has 0 aliphatic rings. The summed E-state index contributed by atoms with van der Waals surface area (Å²) >= 11 is 0. The van der Waals surface area contributed by atoms with E-state index in [2.05, 4.69) is 4.98 Å². The van der Waals surface area contributed by atoms with E-state index >= 15 is 0 Å². The monoisotopic (exact) mass is 246 g/mol. The Morgan fingerprint density at radius 1 is 1.00 bits per heavy atom. The molecule has 2 aromatic rings. The molecule has 0 radical (unpaired) electrons. The molecule has 4 nitrogen and oxygen atoms in total. The lowest BCUT2D eigenvalue weighted by Gasteiger charge is -2.19. The number of rotatable bonds is 0. The van der Waals surface area contributed by atoms with Crippen molar-refractivity contribution in [3.63, 3.8) is 0 Å². The minimum atomic E-state index is -0.429. The first-order valence-corrected chi connectivity index (χ1v) is 5.70. The average Bonchev–Trinajstić information content (AvgIpc) is 2.83. The highest BCUT2D eigenvalue weighted by atomic mass is 16.6. The molecule has 0 aliphatic heterocycles. The molecule has 0 saturated heterocycles. The first-order valence-electron chi connectivity index (χ1n) is 5.70. The molecule has 2 rings (SSSR count). The van der Waals surface area contributed by atoms with Gasteiger partial charge in [-0.15, -0.1) is 0 Å². The van der Waals surface area contributed by atoms with Gasteiger partial charge in [0.05, 0.1) is 0 Å². The summed E-state index contributed by atoms with van der Waals surface area (Å²) in [4.78, 5) is 15.0. The average molecular weight is 246 g/mol. The van der Waals surface area contributed by atoms with E-state index in [9.17, 15) is 4.79 Å². The van der Waals surface area contributed by atoms with Crippen LogP contribution in [0.3, 0.4) is 0 Å². The SMILES string of the molecule is CC(C)(C)OC(=O)n1cccc1.c1ccncc1. The van der Waals surface area contributed by atoms with Crippen LogP contribution in [0.2, 0.25) is 0 Å². The van der Waals surface area contributed by atoms with Crippen LogP contribution in [-0.2, 0) is 4.74 Å². The Balaban J connectivity index is 0.000000225. The van der Waals surface area contributed by atoms with E-state index in [1.807, 2.05) is 39.0 Å². The summed E-state index contributed by atoms with van der Waals surface area (Å²) in [6, 6.07) is 9.28. The van der Waals surface area contributed by atoms with Crippen molar-refractivity contribution in [2.24, 2.45) is 0 Å². The van der Waals surface area contributed by atoms with Gasteiger partial charge >= 0.3 is 6.09 Å². The number of hydrogen-bond donors (Lipinski definition) is 0. The fourth-order valence-corrected chi connectivity index (χ4v) is 1.08. The number of carbonyl (C=O) groups is 1. The third-order valence-electron chi connectivity index (χ3n) is 1.78. The van der Waals surface area contributed by atoms with Gasteiger partial charge in [0.25, 0.3) is 0 Å². The molecule has 0 spiro atoms. The van der Waals surface area contributed by atoms with Crippen LogP contribution in [0.25, 0.3) is 0 Å². The molecule has 0 amide bonds. The Morgan fingerprint density at radius 2 is 1.56 bits per heavy atom. The van der Waals surface area contributed by atoms with Crippen LogP contribution in [0.4, 0.5) is 4.79 Å². The predicted octanol–water partition coefficient (Wildman–Crippen LogP) is 3.35. The highest BCUT2D eigenvalue weighted by molar-refractivity contribution is 5.70. The van der Waals surface area contributed by atoms with Gasteiger partial charge in [-0.2, -0.15) is 0 Å². The minimum Gasteiger partial charge on any atom is -0.443 e. The van der Waals surface area contributed by atoms with E-state index in [0.717, 1.165) is 0 Å². The number of carbonyl (C=O) groups excluding carboxylic acids is 1. The third kappa shape index (κ3) is 5.84. The Morgan fingerprint density at radius 3 is 1.89 bits per heavy atom. The zero-order valence-electron chi connectivity index (χ0n) is 10.9. The topological polar surface area (TPSA) is 44.1 Å². The largest absolute Gasteiger partial charge is 0.443 e. The summed E-state index contributed by atoms with van der Waals surface area (Å²) < 4.78 is 6.51. The van der Waals surface area contributed by atoms with Gasteiger partial charge in [-0.3, -0.25) is 9.55 Å².